The molecule has 0 radical (unpaired) electrons. The van der Waals surface area contributed by atoms with Gasteiger partial charge in [-0.05, 0) is 50.6 Å². The average Bonchev–Trinajstić information content (AvgIpc) is 3.02. The van der Waals surface area contributed by atoms with Crippen LogP contribution in [0.4, 0.5) is 4.39 Å². The van der Waals surface area contributed by atoms with Crippen molar-refractivity contribution in [3.63, 3.8) is 0 Å². The zero-order valence-electron chi connectivity index (χ0n) is 16.5. The predicted molar refractivity (Wildman–Crippen MR) is 111 cm³/mol. The van der Waals surface area contributed by atoms with Gasteiger partial charge in [-0.2, -0.15) is 0 Å². The minimum Gasteiger partial charge on any atom is -0.496 e. The summed E-state index contributed by atoms with van der Waals surface area (Å²) in [4.78, 5) is 0. The summed E-state index contributed by atoms with van der Waals surface area (Å²) in [6.45, 7) is 5.90. The van der Waals surface area contributed by atoms with Crippen LogP contribution in [0, 0.1) is 5.82 Å². The number of nitrogens with one attached hydrogen (secondary N) is 1. The van der Waals surface area contributed by atoms with Crippen molar-refractivity contribution < 1.29 is 18.6 Å². The van der Waals surface area contributed by atoms with E-state index in [0.29, 0.717) is 12.4 Å². The van der Waals surface area contributed by atoms with Gasteiger partial charge in [0.15, 0.2) is 5.79 Å². The van der Waals surface area contributed by atoms with Crippen LogP contribution in [0.25, 0.3) is 0 Å². The van der Waals surface area contributed by atoms with Crippen LogP contribution in [-0.4, -0.2) is 32.2 Å². The Morgan fingerprint density at radius 2 is 2.11 bits per heavy atom. The van der Waals surface area contributed by atoms with Crippen LogP contribution in [0.2, 0.25) is 0 Å². The van der Waals surface area contributed by atoms with Gasteiger partial charge in [-0.1, -0.05) is 34.1 Å². The number of hydrogen-bond donors (Lipinski definition) is 1. The summed E-state index contributed by atoms with van der Waals surface area (Å²) in [5, 5.41) is 3.49. The van der Waals surface area contributed by atoms with Crippen molar-refractivity contribution in [2.45, 2.75) is 44.6 Å². The molecule has 2 atom stereocenters. The summed E-state index contributed by atoms with van der Waals surface area (Å²) in [7, 11) is 1.57. The molecule has 0 bridgehead atoms. The molecule has 1 aliphatic heterocycles. The number of ether oxygens (including phenoxy) is 3. The van der Waals surface area contributed by atoms with Gasteiger partial charge in [0, 0.05) is 28.6 Å². The van der Waals surface area contributed by atoms with Gasteiger partial charge in [-0.15, -0.1) is 0 Å². The first-order chi connectivity index (χ1) is 13.4. The van der Waals surface area contributed by atoms with Crippen molar-refractivity contribution in [3.05, 3.63) is 63.9 Å². The van der Waals surface area contributed by atoms with E-state index in [9.17, 15) is 4.39 Å². The van der Waals surface area contributed by atoms with E-state index in [0.717, 1.165) is 29.5 Å². The smallest absolute Gasteiger partial charge is 0.163 e. The second kappa shape index (κ2) is 9.35. The van der Waals surface area contributed by atoms with E-state index in [1.165, 1.54) is 17.7 Å². The lowest BCUT2D eigenvalue weighted by Crippen LogP contribution is -2.28. The number of halogens is 2. The second-order valence-corrected chi connectivity index (χ2v) is 8.37. The Morgan fingerprint density at radius 3 is 2.79 bits per heavy atom. The van der Waals surface area contributed by atoms with E-state index in [4.69, 9.17) is 14.2 Å². The standard InChI is InChI=1S/C22H27BrFNO3/c1-22(2)27-14-21(28-22)19(18-8-7-17(24)12-20(18)26-3)9-10-25-13-15-5-4-6-16(23)11-15/h4-8,11-12,19,21,25H,9-10,13-14H2,1-3H3/t19-,21-/m0/s1. The third-order valence-corrected chi connectivity index (χ3v) is 5.42. The maximum absolute atomic E-state index is 13.7. The van der Waals surface area contributed by atoms with Gasteiger partial charge in [0.2, 0.25) is 0 Å². The molecule has 0 amide bonds. The maximum Gasteiger partial charge on any atom is 0.163 e. The highest BCUT2D eigenvalue weighted by Gasteiger charge is 2.38. The lowest BCUT2D eigenvalue weighted by atomic mass is 9.89. The minimum absolute atomic E-state index is 0.0346. The van der Waals surface area contributed by atoms with Gasteiger partial charge >= 0.3 is 0 Å². The monoisotopic (exact) mass is 451 g/mol. The summed E-state index contributed by atoms with van der Waals surface area (Å²) >= 11 is 3.50. The fourth-order valence-electron chi connectivity index (χ4n) is 3.58. The first kappa shape index (κ1) is 21.2. The second-order valence-electron chi connectivity index (χ2n) is 7.46. The molecule has 28 heavy (non-hydrogen) atoms. The summed E-state index contributed by atoms with van der Waals surface area (Å²) in [5.41, 5.74) is 2.16. The molecule has 4 nitrogen and oxygen atoms in total. The Morgan fingerprint density at radius 1 is 1.29 bits per heavy atom. The lowest BCUT2D eigenvalue weighted by Gasteiger charge is -2.26. The van der Waals surface area contributed by atoms with Gasteiger partial charge < -0.3 is 19.5 Å². The summed E-state index contributed by atoms with van der Waals surface area (Å²) < 4.78 is 32.1. The molecule has 0 aliphatic carbocycles. The number of benzene rings is 2. The molecule has 152 valence electrons. The van der Waals surface area contributed by atoms with Crippen LogP contribution >= 0.6 is 15.9 Å². The van der Waals surface area contributed by atoms with Crippen LogP contribution in [0.15, 0.2) is 46.9 Å². The molecule has 1 heterocycles. The summed E-state index contributed by atoms with van der Waals surface area (Å²) in [6.07, 6.45) is 0.710. The van der Waals surface area contributed by atoms with E-state index in [1.54, 1.807) is 13.2 Å². The zero-order chi connectivity index (χ0) is 20.1. The van der Waals surface area contributed by atoms with Crippen molar-refractivity contribution >= 4 is 15.9 Å². The first-order valence-corrected chi connectivity index (χ1v) is 10.3. The van der Waals surface area contributed by atoms with Crippen molar-refractivity contribution in [1.82, 2.24) is 5.32 Å². The molecule has 1 fully saturated rings. The quantitative estimate of drug-likeness (QED) is 0.572. The topological polar surface area (TPSA) is 39.7 Å². The van der Waals surface area contributed by atoms with Gasteiger partial charge in [0.25, 0.3) is 0 Å². The molecule has 0 saturated carbocycles. The Hall–Kier alpha value is -1.47. The summed E-state index contributed by atoms with van der Waals surface area (Å²) in [5.74, 6) is -0.339. The number of hydrogen-bond acceptors (Lipinski definition) is 4. The number of rotatable bonds is 8. The molecule has 0 aromatic heterocycles. The molecule has 2 aromatic rings. The van der Waals surface area contributed by atoms with E-state index < -0.39 is 5.79 Å². The third-order valence-electron chi connectivity index (χ3n) is 4.92. The average molecular weight is 452 g/mol. The Bertz CT molecular complexity index is 799. The van der Waals surface area contributed by atoms with Gasteiger partial charge in [-0.3, -0.25) is 0 Å². The van der Waals surface area contributed by atoms with Crippen molar-refractivity contribution in [1.29, 1.82) is 0 Å². The highest BCUT2D eigenvalue weighted by Crippen LogP contribution is 2.38. The SMILES string of the molecule is COc1cc(F)ccc1[C@H](CCNCc1cccc(Br)c1)[C@@H]1COC(C)(C)O1. The molecule has 1 N–H and O–H groups in total. The van der Waals surface area contributed by atoms with Crippen molar-refractivity contribution in [2.75, 3.05) is 20.3 Å². The fourth-order valence-corrected chi connectivity index (χ4v) is 4.03. The van der Waals surface area contributed by atoms with Gasteiger partial charge in [0.1, 0.15) is 11.6 Å². The Labute approximate surface area is 174 Å². The van der Waals surface area contributed by atoms with E-state index in [-0.39, 0.29) is 17.8 Å². The van der Waals surface area contributed by atoms with Crippen LogP contribution in [0.1, 0.15) is 37.3 Å². The van der Waals surface area contributed by atoms with Crippen LogP contribution in [0.5, 0.6) is 5.75 Å². The predicted octanol–water partition coefficient (Wildman–Crippen LogP) is 5.01. The number of methoxy groups -OCH3 is 1. The Kier molecular flexibility index (Phi) is 7.10. The van der Waals surface area contributed by atoms with Crippen molar-refractivity contribution in [2.24, 2.45) is 0 Å². The lowest BCUT2D eigenvalue weighted by molar-refractivity contribution is -0.141. The highest BCUT2D eigenvalue weighted by atomic mass is 79.9. The maximum atomic E-state index is 13.7. The first-order valence-electron chi connectivity index (χ1n) is 9.48. The molecule has 1 saturated heterocycles. The molecule has 0 spiro atoms. The van der Waals surface area contributed by atoms with Crippen LogP contribution < -0.4 is 10.1 Å². The minimum atomic E-state index is -0.611. The van der Waals surface area contributed by atoms with Crippen LogP contribution in [-0.2, 0) is 16.0 Å². The van der Waals surface area contributed by atoms with E-state index in [1.807, 2.05) is 26.0 Å². The fraction of sp³-hybridized carbons (Fsp3) is 0.455. The largest absolute Gasteiger partial charge is 0.496 e. The molecule has 0 unspecified atom stereocenters. The van der Waals surface area contributed by atoms with E-state index >= 15 is 0 Å². The zero-order valence-corrected chi connectivity index (χ0v) is 18.1. The molecular formula is C22H27BrFNO3. The third kappa shape index (κ3) is 5.54. The van der Waals surface area contributed by atoms with Crippen molar-refractivity contribution in [3.8, 4) is 5.75 Å². The molecule has 1 aliphatic rings. The van der Waals surface area contributed by atoms with E-state index in [2.05, 4.69) is 33.4 Å². The molecular weight excluding hydrogens is 425 g/mol. The molecule has 2 aromatic carbocycles. The van der Waals surface area contributed by atoms with Crippen LogP contribution in [0.3, 0.4) is 0 Å². The Balaban J connectivity index is 1.70. The van der Waals surface area contributed by atoms with Gasteiger partial charge in [0.05, 0.1) is 19.8 Å². The highest BCUT2D eigenvalue weighted by molar-refractivity contribution is 9.10. The summed E-state index contributed by atoms with van der Waals surface area (Å²) in [6, 6.07) is 12.9. The van der Waals surface area contributed by atoms with Gasteiger partial charge in [-0.25, -0.2) is 4.39 Å². The molecule has 3 rings (SSSR count). The molecule has 6 heteroatoms. The normalized spacial score (nSPS) is 19.5.